The van der Waals surface area contributed by atoms with E-state index < -0.39 is 53.9 Å². The van der Waals surface area contributed by atoms with E-state index in [1.165, 1.54) is 93.6 Å². The molecule has 3 rings (SSSR count). The lowest BCUT2D eigenvalue weighted by molar-refractivity contribution is -0.183. The lowest BCUT2D eigenvalue weighted by atomic mass is 9.95. The monoisotopic (exact) mass is 666 g/mol. The van der Waals surface area contributed by atoms with Crippen LogP contribution in [0.4, 0.5) is 0 Å². The zero-order chi connectivity index (χ0) is 35.2. The maximum Gasteiger partial charge on any atom is 0.336 e. The first-order chi connectivity index (χ1) is 22.9. The summed E-state index contributed by atoms with van der Waals surface area (Å²) >= 11 is 0. The third kappa shape index (κ3) is 11.6. The second-order valence-corrected chi connectivity index (χ2v) is 10.2. The van der Waals surface area contributed by atoms with Crippen LogP contribution >= 0.6 is 0 Å². The number of aliphatic hydroxyl groups is 1. The highest BCUT2D eigenvalue weighted by Crippen LogP contribution is 2.22. The van der Waals surface area contributed by atoms with Crippen LogP contribution in [0.25, 0.3) is 0 Å². The van der Waals surface area contributed by atoms with Gasteiger partial charge in [-0.2, -0.15) is 0 Å². The summed E-state index contributed by atoms with van der Waals surface area (Å²) < 4.78 is 36.0. The number of hydrogen-bond donors (Lipinski definition) is 1. The van der Waals surface area contributed by atoms with Gasteiger partial charge in [0.1, 0.15) is 43.0 Å². The lowest BCUT2D eigenvalue weighted by Gasteiger charge is -2.26. The Bertz CT molecular complexity index is 1580. The topological polar surface area (TPSA) is 187 Å². The molecule has 0 saturated carbocycles. The van der Waals surface area contributed by atoms with Gasteiger partial charge in [0.25, 0.3) is 0 Å². The molecular weight excluding hydrogens is 632 g/mol. The average molecular weight is 667 g/mol. The molecule has 0 aromatic heterocycles. The number of carbonyl (C=O) groups excluding carboxylic acids is 6. The van der Waals surface area contributed by atoms with Crippen molar-refractivity contribution in [3.63, 3.8) is 0 Å². The Labute approximate surface area is 275 Å². The summed E-state index contributed by atoms with van der Waals surface area (Å²) in [5, 5.41) is 11.0. The Morgan fingerprint density at radius 1 is 0.521 bits per heavy atom. The molecule has 0 aliphatic heterocycles. The molecule has 0 aliphatic carbocycles. The zero-order valence-corrected chi connectivity index (χ0v) is 26.5. The maximum absolute atomic E-state index is 13.3. The van der Waals surface area contributed by atoms with Crippen molar-refractivity contribution >= 4 is 35.8 Å². The van der Waals surface area contributed by atoms with E-state index in [0.717, 1.165) is 7.11 Å². The molecule has 0 heterocycles. The van der Waals surface area contributed by atoms with Gasteiger partial charge < -0.3 is 38.3 Å². The van der Waals surface area contributed by atoms with E-state index in [1.807, 2.05) is 0 Å². The van der Waals surface area contributed by atoms with E-state index in [0.29, 0.717) is 16.7 Å². The summed E-state index contributed by atoms with van der Waals surface area (Å²) in [6.45, 7) is 2.76. The fourth-order valence-electron chi connectivity index (χ4n) is 4.14. The van der Waals surface area contributed by atoms with Crippen LogP contribution in [0.5, 0.6) is 17.2 Å². The van der Waals surface area contributed by atoms with Gasteiger partial charge in [0.15, 0.2) is 12.2 Å². The molecule has 48 heavy (non-hydrogen) atoms. The van der Waals surface area contributed by atoms with E-state index in [9.17, 15) is 33.9 Å². The number of carbonyl (C=O) groups is 6. The molecule has 0 radical (unpaired) electrons. The van der Waals surface area contributed by atoms with Gasteiger partial charge in [0.2, 0.25) is 0 Å². The lowest BCUT2D eigenvalue weighted by Crippen LogP contribution is -2.48. The molecule has 3 aromatic carbocycles. The number of rotatable bonds is 15. The summed E-state index contributed by atoms with van der Waals surface area (Å²) in [5.74, 6) is -6.20. The summed E-state index contributed by atoms with van der Waals surface area (Å²) in [7, 11) is 1.08. The number of benzene rings is 3. The molecule has 0 bridgehead atoms. The summed E-state index contributed by atoms with van der Waals surface area (Å²) in [5.41, 5.74) is 1.41. The maximum atomic E-state index is 13.3. The molecule has 0 saturated heterocycles. The number of ether oxygens (including phenoxy) is 7. The smallest absolute Gasteiger partial charge is 0.336 e. The highest BCUT2D eigenvalue weighted by atomic mass is 16.6. The number of aliphatic hydroxyl groups excluding tert-OH is 1. The van der Waals surface area contributed by atoms with E-state index in [2.05, 4.69) is 0 Å². The van der Waals surface area contributed by atoms with Crippen LogP contribution in [-0.4, -0.2) is 60.2 Å². The normalized spacial score (nSPS) is 12.4. The van der Waals surface area contributed by atoms with Crippen molar-refractivity contribution < 1.29 is 67.0 Å². The van der Waals surface area contributed by atoms with Crippen LogP contribution in [0.3, 0.4) is 0 Å². The Morgan fingerprint density at radius 3 is 1.15 bits per heavy atom. The molecule has 0 spiro atoms. The number of methoxy groups -OCH3 is 1. The standard InChI is InChI=1S/C34H34O14/c1-20(35)46-26-11-5-23(6-12-26)17-43-32(39)29(30(38)33(40)44-18-24-7-13-27(14-8-24)47-21(2)36)31(42-4)34(41)45-19-25-9-15-28(16-10-25)48-22(3)37/h5-16,29-31,38H,17-19H2,1-4H3. The Hall–Kier alpha value is -5.60. The zero-order valence-electron chi connectivity index (χ0n) is 26.5. The second kappa shape index (κ2) is 17.9. The fraction of sp³-hybridized carbons (Fsp3) is 0.294. The van der Waals surface area contributed by atoms with Gasteiger partial charge in [-0.1, -0.05) is 36.4 Å². The molecular formula is C34H34O14. The van der Waals surface area contributed by atoms with Gasteiger partial charge in [-0.3, -0.25) is 19.2 Å². The SMILES string of the molecule is COC(C(=O)OCc1ccc(OC(C)=O)cc1)C(C(=O)OCc1ccc(OC(C)=O)cc1)C(O)C(=O)OCc1ccc(OC(C)=O)cc1. The number of hydrogen-bond acceptors (Lipinski definition) is 14. The predicted molar refractivity (Wildman–Crippen MR) is 163 cm³/mol. The van der Waals surface area contributed by atoms with E-state index >= 15 is 0 Å². The third-order valence-electron chi connectivity index (χ3n) is 6.36. The van der Waals surface area contributed by atoms with Gasteiger partial charge >= 0.3 is 35.8 Å². The van der Waals surface area contributed by atoms with Crippen molar-refractivity contribution in [1.29, 1.82) is 0 Å². The molecule has 3 atom stereocenters. The average Bonchev–Trinajstić information content (AvgIpc) is 3.04. The van der Waals surface area contributed by atoms with E-state index in [1.54, 1.807) is 0 Å². The number of esters is 6. The van der Waals surface area contributed by atoms with Crippen molar-refractivity contribution in [2.75, 3.05) is 7.11 Å². The van der Waals surface area contributed by atoms with Gasteiger partial charge in [-0.25, -0.2) is 9.59 Å². The van der Waals surface area contributed by atoms with E-state index in [-0.39, 0.29) is 37.1 Å². The molecule has 3 unspecified atom stereocenters. The first kappa shape index (κ1) is 36.9. The minimum atomic E-state index is -2.23. The van der Waals surface area contributed by atoms with Crippen LogP contribution < -0.4 is 14.2 Å². The Morgan fingerprint density at radius 2 is 0.833 bits per heavy atom. The van der Waals surface area contributed by atoms with Crippen LogP contribution in [0, 0.1) is 5.92 Å². The van der Waals surface area contributed by atoms with E-state index in [4.69, 9.17) is 33.2 Å². The largest absolute Gasteiger partial charge is 0.460 e. The van der Waals surface area contributed by atoms with Crippen molar-refractivity contribution in [3.05, 3.63) is 89.5 Å². The Kier molecular flexibility index (Phi) is 13.8. The Balaban J connectivity index is 1.74. The van der Waals surface area contributed by atoms with Gasteiger partial charge in [-0.15, -0.1) is 0 Å². The van der Waals surface area contributed by atoms with Gasteiger partial charge in [0, 0.05) is 27.9 Å². The summed E-state index contributed by atoms with van der Waals surface area (Å²) in [4.78, 5) is 72.9. The molecule has 254 valence electrons. The van der Waals surface area contributed by atoms with Crippen LogP contribution in [0.15, 0.2) is 72.8 Å². The molecule has 14 nitrogen and oxygen atoms in total. The first-order valence-corrected chi connectivity index (χ1v) is 14.4. The summed E-state index contributed by atoms with van der Waals surface area (Å²) in [6.07, 6.45) is -4.04. The minimum absolute atomic E-state index is 0.262. The quantitative estimate of drug-likeness (QED) is 0.142. The van der Waals surface area contributed by atoms with Gasteiger partial charge in [-0.05, 0) is 53.1 Å². The first-order valence-electron chi connectivity index (χ1n) is 14.4. The molecule has 0 fully saturated rings. The third-order valence-corrected chi connectivity index (χ3v) is 6.36. The fourth-order valence-corrected chi connectivity index (χ4v) is 4.14. The van der Waals surface area contributed by atoms with Crippen LogP contribution in [0.2, 0.25) is 0 Å². The second-order valence-electron chi connectivity index (χ2n) is 10.2. The van der Waals surface area contributed by atoms with Gasteiger partial charge in [0.05, 0.1) is 0 Å². The molecule has 1 N–H and O–H groups in total. The van der Waals surface area contributed by atoms with Crippen molar-refractivity contribution in [2.24, 2.45) is 5.92 Å². The highest BCUT2D eigenvalue weighted by molar-refractivity contribution is 5.89. The van der Waals surface area contributed by atoms with Crippen molar-refractivity contribution in [1.82, 2.24) is 0 Å². The van der Waals surface area contributed by atoms with Crippen molar-refractivity contribution in [2.45, 2.75) is 52.8 Å². The molecule has 0 aliphatic rings. The molecule has 0 amide bonds. The molecule has 14 heteroatoms. The van der Waals surface area contributed by atoms with Crippen LogP contribution in [0.1, 0.15) is 37.5 Å². The van der Waals surface area contributed by atoms with Crippen LogP contribution in [-0.2, 0) is 67.5 Å². The molecule has 3 aromatic rings. The predicted octanol–water partition coefficient (Wildman–Crippen LogP) is 2.98. The highest BCUT2D eigenvalue weighted by Gasteiger charge is 2.45. The summed E-state index contributed by atoms with van der Waals surface area (Å²) in [6, 6.07) is 18.0. The minimum Gasteiger partial charge on any atom is -0.460 e. The van der Waals surface area contributed by atoms with Crippen molar-refractivity contribution in [3.8, 4) is 17.2 Å².